The Labute approximate surface area is 95.5 Å². The SMILES string of the molecule is COc1nncc(-c2ccc(Br)cc2)n1. The monoisotopic (exact) mass is 265 g/mol. The highest BCUT2D eigenvalue weighted by molar-refractivity contribution is 9.10. The van der Waals surface area contributed by atoms with Crippen LogP contribution in [0, 0.1) is 0 Å². The van der Waals surface area contributed by atoms with Crippen LogP contribution < -0.4 is 4.74 Å². The van der Waals surface area contributed by atoms with Crippen molar-refractivity contribution in [1.82, 2.24) is 15.2 Å². The Kier molecular flexibility index (Phi) is 2.91. The molecule has 0 radical (unpaired) electrons. The van der Waals surface area contributed by atoms with E-state index in [1.165, 1.54) is 7.11 Å². The van der Waals surface area contributed by atoms with E-state index >= 15 is 0 Å². The van der Waals surface area contributed by atoms with Gasteiger partial charge >= 0.3 is 6.01 Å². The van der Waals surface area contributed by atoms with Gasteiger partial charge in [-0.25, -0.2) is 0 Å². The second-order valence-corrected chi connectivity index (χ2v) is 3.75. The minimum Gasteiger partial charge on any atom is -0.466 e. The van der Waals surface area contributed by atoms with Crippen LogP contribution in [0.5, 0.6) is 6.01 Å². The molecule has 0 amide bonds. The molecule has 0 unspecified atom stereocenters. The Bertz CT molecular complexity index is 458. The van der Waals surface area contributed by atoms with Gasteiger partial charge in [0.2, 0.25) is 0 Å². The zero-order valence-electron chi connectivity index (χ0n) is 8.01. The van der Waals surface area contributed by atoms with Gasteiger partial charge < -0.3 is 4.74 Å². The largest absolute Gasteiger partial charge is 0.466 e. The van der Waals surface area contributed by atoms with Crippen molar-refractivity contribution >= 4 is 15.9 Å². The molecule has 0 fully saturated rings. The van der Waals surface area contributed by atoms with Crippen molar-refractivity contribution in [1.29, 1.82) is 0 Å². The fourth-order valence-corrected chi connectivity index (χ4v) is 1.40. The van der Waals surface area contributed by atoms with Gasteiger partial charge in [-0.2, -0.15) is 10.1 Å². The highest BCUT2D eigenvalue weighted by Crippen LogP contribution is 2.19. The van der Waals surface area contributed by atoms with Crippen LogP contribution in [0.3, 0.4) is 0 Å². The lowest BCUT2D eigenvalue weighted by Gasteiger charge is -2.01. The predicted molar refractivity (Wildman–Crippen MR) is 59.5 cm³/mol. The molecule has 2 aromatic rings. The molecule has 0 saturated carbocycles. The van der Waals surface area contributed by atoms with Crippen molar-refractivity contribution in [2.24, 2.45) is 0 Å². The second kappa shape index (κ2) is 4.35. The average molecular weight is 266 g/mol. The van der Waals surface area contributed by atoms with E-state index in [-0.39, 0.29) is 6.01 Å². The molecule has 0 N–H and O–H groups in total. The van der Waals surface area contributed by atoms with E-state index in [0.29, 0.717) is 0 Å². The van der Waals surface area contributed by atoms with E-state index in [1.807, 2.05) is 24.3 Å². The molecule has 0 aliphatic carbocycles. The van der Waals surface area contributed by atoms with Crippen LogP contribution in [-0.4, -0.2) is 22.3 Å². The first kappa shape index (κ1) is 10.0. The zero-order chi connectivity index (χ0) is 10.7. The molecule has 76 valence electrons. The topological polar surface area (TPSA) is 47.9 Å². The second-order valence-electron chi connectivity index (χ2n) is 2.84. The molecule has 0 aliphatic rings. The zero-order valence-corrected chi connectivity index (χ0v) is 9.60. The number of halogens is 1. The van der Waals surface area contributed by atoms with E-state index in [0.717, 1.165) is 15.7 Å². The van der Waals surface area contributed by atoms with Crippen LogP contribution >= 0.6 is 15.9 Å². The molecule has 0 atom stereocenters. The standard InChI is InChI=1S/C10H8BrN3O/c1-15-10-13-9(6-12-14-10)7-2-4-8(11)5-3-7/h2-6H,1H3. The lowest BCUT2D eigenvalue weighted by atomic mass is 10.2. The highest BCUT2D eigenvalue weighted by atomic mass is 79.9. The molecule has 1 heterocycles. The Morgan fingerprint density at radius 3 is 2.60 bits per heavy atom. The lowest BCUT2D eigenvalue weighted by Crippen LogP contribution is -1.95. The molecule has 4 nitrogen and oxygen atoms in total. The van der Waals surface area contributed by atoms with E-state index in [2.05, 4.69) is 31.1 Å². The third-order valence-electron chi connectivity index (χ3n) is 1.86. The average Bonchev–Trinajstić information content (AvgIpc) is 2.30. The van der Waals surface area contributed by atoms with E-state index < -0.39 is 0 Å². The van der Waals surface area contributed by atoms with Crippen LogP contribution in [0.2, 0.25) is 0 Å². The molecule has 15 heavy (non-hydrogen) atoms. The lowest BCUT2D eigenvalue weighted by molar-refractivity contribution is 0.374. The molecule has 2 rings (SSSR count). The minimum atomic E-state index is 0.274. The summed E-state index contributed by atoms with van der Waals surface area (Å²) in [5.41, 5.74) is 1.72. The van der Waals surface area contributed by atoms with Gasteiger partial charge in [0, 0.05) is 10.0 Å². The van der Waals surface area contributed by atoms with Gasteiger partial charge in [0.15, 0.2) is 0 Å². The summed E-state index contributed by atoms with van der Waals surface area (Å²) in [7, 11) is 1.52. The minimum absolute atomic E-state index is 0.274. The summed E-state index contributed by atoms with van der Waals surface area (Å²) in [6, 6.07) is 8.07. The maximum absolute atomic E-state index is 4.91. The van der Waals surface area contributed by atoms with E-state index in [1.54, 1.807) is 6.20 Å². The number of methoxy groups -OCH3 is 1. The number of benzene rings is 1. The Hall–Kier alpha value is -1.49. The summed E-state index contributed by atoms with van der Waals surface area (Å²) in [5.74, 6) is 0. The van der Waals surface area contributed by atoms with Gasteiger partial charge in [0.1, 0.15) is 0 Å². The van der Waals surface area contributed by atoms with Crippen LogP contribution in [0.15, 0.2) is 34.9 Å². The van der Waals surface area contributed by atoms with E-state index in [4.69, 9.17) is 4.74 Å². The Balaban J connectivity index is 2.40. The van der Waals surface area contributed by atoms with Gasteiger partial charge in [0.25, 0.3) is 0 Å². The Morgan fingerprint density at radius 1 is 1.20 bits per heavy atom. The number of nitrogens with zero attached hydrogens (tertiary/aromatic N) is 3. The maximum atomic E-state index is 4.91. The summed E-state index contributed by atoms with van der Waals surface area (Å²) in [4.78, 5) is 4.18. The fourth-order valence-electron chi connectivity index (χ4n) is 1.13. The molecule has 0 saturated heterocycles. The molecular formula is C10H8BrN3O. The molecular weight excluding hydrogens is 258 g/mol. The summed E-state index contributed by atoms with van der Waals surface area (Å²) in [6.45, 7) is 0. The van der Waals surface area contributed by atoms with Crippen LogP contribution in [0.4, 0.5) is 0 Å². The smallest absolute Gasteiger partial charge is 0.335 e. The quantitative estimate of drug-likeness (QED) is 0.836. The molecule has 0 spiro atoms. The maximum Gasteiger partial charge on any atom is 0.335 e. The number of ether oxygens (including phenoxy) is 1. The van der Waals surface area contributed by atoms with E-state index in [9.17, 15) is 0 Å². The molecule has 0 bridgehead atoms. The molecule has 0 aliphatic heterocycles. The number of hydrogen-bond donors (Lipinski definition) is 0. The van der Waals surface area contributed by atoms with Crippen molar-refractivity contribution < 1.29 is 4.74 Å². The van der Waals surface area contributed by atoms with Crippen molar-refractivity contribution in [3.8, 4) is 17.3 Å². The third-order valence-corrected chi connectivity index (χ3v) is 2.39. The summed E-state index contributed by atoms with van der Waals surface area (Å²) in [6.07, 6.45) is 1.60. The number of rotatable bonds is 2. The van der Waals surface area contributed by atoms with Crippen molar-refractivity contribution in [3.05, 3.63) is 34.9 Å². The van der Waals surface area contributed by atoms with Gasteiger partial charge in [-0.05, 0) is 12.1 Å². The fraction of sp³-hybridized carbons (Fsp3) is 0.100. The van der Waals surface area contributed by atoms with Gasteiger partial charge in [-0.3, -0.25) is 0 Å². The first-order valence-electron chi connectivity index (χ1n) is 4.29. The first-order valence-corrected chi connectivity index (χ1v) is 5.08. The normalized spacial score (nSPS) is 10.0. The number of aromatic nitrogens is 3. The van der Waals surface area contributed by atoms with Crippen LogP contribution in [0.1, 0.15) is 0 Å². The molecule has 5 heteroatoms. The van der Waals surface area contributed by atoms with Gasteiger partial charge in [-0.15, -0.1) is 0 Å². The number of hydrogen-bond acceptors (Lipinski definition) is 4. The van der Waals surface area contributed by atoms with Crippen LogP contribution in [0.25, 0.3) is 11.3 Å². The summed E-state index contributed by atoms with van der Waals surface area (Å²) < 4.78 is 5.93. The predicted octanol–water partition coefficient (Wildman–Crippen LogP) is 2.31. The molecule has 1 aromatic carbocycles. The van der Waals surface area contributed by atoms with Crippen molar-refractivity contribution in [2.75, 3.05) is 7.11 Å². The van der Waals surface area contributed by atoms with Crippen LogP contribution in [-0.2, 0) is 0 Å². The third kappa shape index (κ3) is 2.30. The Morgan fingerprint density at radius 2 is 1.93 bits per heavy atom. The first-order chi connectivity index (χ1) is 7.29. The van der Waals surface area contributed by atoms with Gasteiger partial charge in [0.05, 0.1) is 19.0 Å². The summed E-state index contributed by atoms with van der Waals surface area (Å²) >= 11 is 3.37. The summed E-state index contributed by atoms with van der Waals surface area (Å²) in [5, 5.41) is 7.51. The van der Waals surface area contributed by atoms with Gasteiger partial charge in [-0.1, -0.05) is 33.2 Å². The molecule has 1 aromatic heterocycles. The van der Waals surface area contributed by atoms with Crippen molar-refractivity contribution in [2.45, 2.75) is 0 Å². The highest BCUT2D eigenvalue weighted by Gasteiger charge is 2.02. The van der Waals surface area contributed by atoms with Crippen molar-refractivity contribution in [3.63, 3.8) is 0 Å².